The van der Waals surface area contributed by atoms with Gasteiger partial charge in [-0.2, -0.15) is 0 Å². The molecular formula is C14H21N3S. The molecule has 1 aromatic rings. The lowest BCUT2D eigenvalue weighted by Crippen LogP contribution is -2.24. The van der Waals surface area contributed by atoms with Gasteiger partial charge in [0.1, 0.15) is 4.99 Å². The van der Waals surface area contributed by atoms with E-state index in [2.05, 4.69) is 17.2 Å². The Kier molecular flexibility index (Phi) is 4.53. The molecule has 3 nitrogen and oxygen atoms in total. The molecule has 18 heavy (non-hydrogen) atoms. The highest BCUT2D eigenvalue weighted by atomic mass is 32.1. The number of nitrogens with zero attached hydrogens (tertiary/aromatic N) is 1. The molecule has 0 saturated heterocycles. The Balaban J connectivity index is 1.87. The molecule has 1 aliphatic carbocycles. The maximum atomic E-state index is 5.52. The van der Waals surface area contributed by atoms with Crippen molar-refractivity contribution in [2.24, 2.45) is 17.6 Å². The van der Waals surface area contributed by atoms with Crippen molar-refractivity contribution in [1.82, 2.24) is 4.98 Å². The predicted octanol–water partition coefficient (Wildman–Crippen LogP) is 2.95. The summed E-state index contributed by atoms with van der Waals surface area (Å²) in [5, 5.41) is 3.46. The number of rotatable bonds is 4. The average molecular weight is 263 g/mol. The number of hydrogen-bond acceptors (Lipinski definition) is 3. The summed E-state index contributed by atoms with van der Waals surface area (Å²) in [4.78, 5) is 4.58. The fourth-order valence-corrected chi connectivity index (χ4v) is 2.71. The average Bonchev–Trinajstić information content (AvgIpc) is 2.38. The summed E-state index contributed by atoms with van der Waals surface area (Å²) in [6, 6.07) is 3.87. The highest BCUT2D eigenvalue weighted by Gasteiger charge is 2.20. The van der Waals surface area contributed by atoms with Gasteiger partial charge in [-0.15, -0.1) is 0 Å². The zero-order valence-electron chi connectivity index (χ0n) is 10.9. The smallest absolute Gasteiger partial charge is 0.122 e. The van der Waals surface area contributed by atoms with E-state index in [4.69, 9.17) is 18.0 Å². The Bertz CT molecular complexity index is 402. The van der Waals surface area contributed by atoms with Gasteiger partial charge in [0.15, 0.2) is 0 Å². The Hall–Kier alpha value is -1.16. The Labute approximate surface area is 114 Å². The molecule has 0 bridgehead atoms. The number of aromatic nitrogens is 1. The first kappa shape index (κ1) is 13.3. The molecular weight excluding hydrogens is 242 g/mol. The summed E-state index contributed by atoms with van der Waals surface area (Å²) >= 11 is 4.88. The van der Waals surface area contributed by atoms with E-state index in [0.29, 0.717) is 10.7 Å². The fourth-order valence-electron chi connectivity index (χ4n) is 2.59. The van der Waals surface area contributed by atoms with Crippen LogP contribution in [0.15, 0.2) is 18.3 Å². The number of hydrogen-bond donors (Lipinski definition) is 2. The van der Waals surface area contributed by atoms with Gasteiger partial charge in [0.05, 0.1) is 17.6 Å². The van der Waals surface area contributed by atoms with Crippen LogP contribution in [0.25, 0.3) is 0 Å². The van der Waals surface area contributed by atoms with Crippen molar-refractivity contribution in [2.45, 2.75) is 32.6 Å². The highest BCUT2D eigenvalue weighted by Crippen LogP contribution is 2.29. The largest absolute Gasteiger partial charge is 0.388 e. The van der Waals surface area contributed by atoms with Crippen LogP contribution in [-0.2, 0) is 0 Å². The van der Waals surface area contributed by atoms with Gasteiger partial charge in [0, 0.05) is 6.54 Å². The molecule has 0 amide bonds. The van der Waals surface area contributed by atoms with Gasteiger partial charge in [-0.3, -0.25) is 4.98 Å². The number of nitrogens with one attached hydrogen (secondary N) is 1. The summed E-state index contributed by atoms with van der Waals surface area (Å²) in [7, 11) is 0. The number of thiocarbonyl (C=S) groups is 1. The minimum absolute atomic E-state index is 0.349. The van der Waals surface area contributed by atoms with Gasteiger partial charge in [0.2, 0.25) is 0 Å². The standard InChI is InChI=1S/C14H21N3S/c1-10-4-2-3-5-11(10)8-16-12-6-7-13(14(15)18)17-9-12/h6-7,9-11,16H,2-5,8H2,1H3,(H2,15,18). The molecule has 1 heterocycles. The molecule has 0 aliphatic heterocycles. The lowest BCUT2D eigenvalue weighted by molar-refractivity contribution is 0.268. The van der Waals surface area contributed by atoms with Gasteiger partial charge >= 0.3 is 0 Å². The number of anilines is 1. The molecule has 2 unspecified atom stereocenters. The molecule has 98 valence electrons. The SMILES string of the molecule is CC1CCCCC1CNc1ccc(C(N)=S)nc1. The van der Waals surface area contributed by atoms with Gasteiger partial charge in [-0.05, 0) is 30.4 Å². The lowest BCUT2D eigenvalue weighted by atomic mass is 9.80. The van der Waals surface area contributed by atoms with E-state index in [9.17, 15) is 0 Å². The number of nitrogens with two attached hydrogens (primary N) is 1. The first-order valence-corrected chi connectivity index (χ1v) is 7.07. The van der Waals surface area contributed by atoms with Crippen LogP contribution in [0.3, 0.4) is 0 Å². The second-order valence-electron chi connectivity index (χ2n) is 5.20. The first-order chi connectivity index (χ1) is 8.66. The summed E-state index contributed by atoms with van der Waals surface area (Å²) in [5.74, 6) is 1.61. The monoisotopic (exact) mass is 263 g/mol. The van der Waals surface area contributed by atoms with Crippen molar-refractivity contribution < 1.29 is 0 Å². The van der Waals surface area contributed by atoms with Crippen LogP contribution < -0.4 is 11.1 Å². The topological polar surface area (TPSA) is 50.9 Å². The molecule has 3 N–H and O–H groups in total. The maximum absolute atomic E-state index is 5.52. The van der Waals surface area contributed by atoms with Crippen molar-refractivity contribution >= 4 is 22.9 Å². The van der Waals surface area contributed by atoms with E-state index in [1.54, 1.807) is 0 Å². The summed E-state index contributed by atoms with van der Waals surface area (Å²) < 4.78 is 0. The van der Waals surface area contributed by atoms with Crippen molar-refractivity contribution in [3.05, 3.63) is 24.0 Å². The third-order valence-electron chi connectivity index (χ3n) is 3.87. The van der Waals surface area contributed by atoms with Crippen molar-refractivity contribution in [3.8, 4) is 0 Å². The van der Waals surface area contributed by atoms with E-state index < -0.39 is 0 Å². The zero-order valence-corrected chi connectivity index (χ0v) is 11.7. The fraction of sp³-hybridized carbons (Fsp3) is 0.571. The van der Waals surface area contributed by atoms with E-state index in [0.717, 1.165) is 24.1 Å². The van der Waals surface area contributed by atoms with E-state index in [1.165, 1.54) is 25.7 Å². The second-order valence-corrected chi connectivity index (χ2v) is 5.64. The van der Waals surface area contributed by atoms with Crippen LogP contribution in [0.2, 0.25) is 0 Å². The van der Waals surface area contributed by atoms with Crippen LogP contribution >= 0.6 is 12.2 Å². The Morgan fingerprint density at radius 3 is 2.83 bits per heavy atom. The van der Waals surface area contributed by atoms with Crippen molar-refractivity contribution in [3.63, 3.8) is 0 Å². The van der Waals surface area contributed by atoms with E-state index in [-0.39, 0.29) is 0 Å². The molecule has 4 heteroatoms. The van der Waals surface area contributed by atoms with Gasteiger partial charge in [0.25, 0.3) is 0 Å². The third kappa shape index (κ3) is 3.42. The van der Waals surface area contributed by atoms with Crippen LogP contribution in [0.1, 0.15) is 38.3 Å². The van der Waals surface area contributed by atoms with Crippen molar-refractivity contribution in [2.75, 3.05) is 11.9 Å². The van der Waals surface area contributed by atoms with Crippen molar-refractivity contribution in [1.29, 1.82) is 0 Å². The van der Waals surface area contributed by atoms with Crippen LogP contribution in [0.4, 0.5) is 5.69 Å². The first-order valence-electron chi connectivity index (χ1n) is 6.66. The summed E-state index contributed by atoms with van der Waals surface area (Å²) in [6.07, 6.45) is 7.27. The molecule has 1 fully saturated rings. The minimum atomic E-state index is 0.349. The molecule has 1 aliphatic rings. The summed E-state index contributed by atoms with van der Waals surface area (Å²) in [6.45, 7) is 3.40. The quantitative estimate of drug-likeness (QED) is 0.820. The molecule has 2 rings (SSSR count). The predicted molar refractivity (Wildman–Crippen MR) is 79.7 cm³/mol. The number of pyridine rings is 1. The zero-order chi connectivity index (χ0) is 13.0. The molecule has 0 aromatic carbocycles. The Morgan fingerprint density at radius 2 is 2.22 bits per heavy atom. The van der Waals surface area contributed by atoms with Crippen LogP contribution in [0, 0.1) is 11.8 Å². The highest BCUT2D eigenvalue weighted by molar-refractivity contribution is 7.80. The molecule has 1 aromatic heterocycles. The lowest BCUT2D eigenvalue weighted by Gasteiger charge is -2.29. The second kappa shape index (κ2) is 6.14. The van der Waals surface area contributed by atoms with Gasteiger partial charge in [-0.25, -0.2) is 0 Å². The molecule has 2 atom stereocenters. The molecule has 1 saturated carbocycles. The minimum Gasteiger partial charge on any atom is -0.388 e. The van der Waals surface area contributed by atoms with Crippen LogP contribution in [0.5, 0.6) is 0 Å². The molecule has 0 spiro atoms. The Morgan fingerprint density at radius 1 is 1.44 bits per heavy atom. The summed E-state index contributed by atoms with van der Waals surface area (Å²) in [5.41, 5.74) is 7.25. The third-order valence-corrected chi connectivity index (χ3v) is 4.08. The normalized spacial score (nSPS) is 23.6. The van der Waals surface area contributed by atoms with Crippen LogP contribution in [-0.4, -0.2) is 16.5 Å². The van der Waals surface area contributed by atoms with E-state index >= 15 is 0 Å². The van der Waals surface area contributed by atoms with E-state index in [1.807, 2.05) is 18.3 Å². The van der Waals surface area contributed by atoms with Gasteiger partial charge in [-0.1, -0.05) is 38.4 Å². The van der Waals surface area contributed by atoms with Gasteiger partial charge < -0.3 is 11.1 Å². The molecule has 0 radical (unpaired) electrons. The maximum Gasteiger partial charge on any atom is 0.122 e.